The third kappa shape index (κ3) is 2.56. The maximum atomic E-state index is 13.4. The van der Waals surface area contributed by atoms with Crippen molar-refractivity contribution in [3.8, 4) is 5.75 Å². The first-order valence-corrected chi connectivity index (χ1v) is 10.0. The average Bonchev–Trinajstić information content (AvgIpc) is 2.62. The highest BCUT2D eigenvalue weighted by Gasteiger charge is 2.35. The molecule has 2 aromatic rings. The quantitative estimate of drug-likeness (QED) is 0.846. The van der Waals surface area contributed by atoms with Gasteiger partial charge in [0.15, 0.2) is 0 Å². The first kappa shape index (κ1) is 16.3. The Morgan fingerprint density at radius 1 is 1.08 bits per heavy atom. The van der Waals surface area contributed by atoms with Gasteiger partial charge in [-0.1, -0.05) is 18.2 Å². The van der Waals surface area contributed by atoms with Crippen molar-refractivity contribution < 1.29 is 13.2 Å². The van der Waals surface area contributed by atoms with E-state index in [1.807, 2.05) is 25.1 Å². The molecule has 0 saturated carbocycles. The van der Waals surface area contributed by atoms with E-state index in [2.05, 4.69) is 11.0 Å². The Hall–Kier alpha value is -2.21. The highest BCUT2D eigenvalue weighted by atomic mass is 32.2. The summed E-state index contributed by atoms with van der Waals surface area (Å²) in [5.41, 5.74) is 4.00. The Morgan fingerprint density at radius 3 is 2.72 bits per heavy atom. The lowest BCUT2D eigenvalue weighted by molar-refractivity contribution is 0.402. The van der Waals surface area contributed by atoms with Gasteiger partial charge in [0.1, 0.15) is 10.6 Å². The molecule has 2 aromatic carbocycles. The van der Waals surface area contributed by atoms with E-state index in [9.17, 15) is 8.42 Å². The molecule has 0 spiro atoms. The Labute approximate surface area is 148 Å². The van der Waals surface area contributed by atoms with Gasteiger partial charge in [0, 0.05) is 13.1 Å². The van der Waals surface area contributed by atoms with Crippen LogP contribution in [0.15, 0.2) is 41.3 Å². The van der Waals surface area contributed by atoms with E-state index < -0.39 is 10.0 Å². The number of aryl methyl sites for hydroxylation is 2. The van der Waals surface area contributed by atoms with Crippen LogP contribution >= 0.6 is 0 Å². The molecule has 0 fully saturated rings. The van der Waals surface area contributed by atoms with E-state index in [-0.39, 0.29) is 4.90 Å². The predicted octanol–water partition coefficient (Wildman–Crippen LogP) is 2.97. The third-order valence-corrected chi connectivity index (χ3v) is 6.85. The molecule has 25 heavy (non-hydrogen) atoms. The van der Waals surface area contributed by atoms with E-state index in [1.165, 1.54) is 12.7 Å². The summed E-state index contributed by atoms with van der Waals surface area (Å²) in [4.78, 5) is 2.55. The van der Waals surface area contributed by atoms with E-state index in [0.29, 0.717) is 12.3 Å². The lowest BCUT2D eigenvalue weighted by Gasteiger charge is -2.41. The fraction of sp³-hybridized carbons (Fsp3) is 0.368. The molecule has 2 aliphatic heterocycles. The van der Waals surface area contributed by atoms with Gasteiger partial charge in [-0.15, -0.1) is 0 Å². The molecule has 0 unspecified atom stereocenters. The standard InChI is InChI=1S/C19H22N2O3S/c1-14-8-9-17(24-2)18(13-14)25(22,23)21-12-11-20-10-4-6-15-5-3-7-16(21)19(15)20/h3,5,7-9,13H,4,6,10-12H2,1-2H3. The summed E-state index contributed by atoms with van der Waals surface area (Å²) in [7, 11) is -2.18. The van der Waals surface area contributed by atoms with Crippen LogP contribution in [-0.2, 0) is 16.4 Å². The van der Waals surface area contributed by atoms with Crippen molar-refractivity contribution in [2.75, 3.05) is 35.9 Å². The average molecular weight is 358 g/mol. The van der Waals surface area contributed by atoms with E-state index in [0.717, 1.165) is 42.9 Å². The van der Waals surface area contributed by atoms with Crippen LogP contribution in [-0.4, -0.2) is 35.2 Å². The van der Waals surface area contributed by atoms with Crippen LogP contribution in [0.4, 0.5) is 11.4 Å². The smallest absolute Gasteiger partial charge is 0.268 e. The molecule has 2 heterocycles. The SMILES string of the molecule is COc1ccc(C)cc1S(=O)(=O)N1CCN2CCCc3cccc1c32. The minimum Gasteiger partial charge on any atom is -0.495 e. The predicted molar refractivity (Wildman–Crippen MR) is 99.2 cm³/mol. The minimum atomic E-state index is -3.68. The normalized spacial score (nSPS) is 16.6. The monoisotopic (exact) mass is 358 g/mol. The molecule has 2 aliphatic rings. The van der Waals surface area contributed by atoms with Crippen molar-refractivity contribution in [3.05, 3.63) is 47.5 Å². The van der Waals surface area contributed by atoms with Gasteiger partial charge >= 0.3 is 0 Å². The molecule has 4 rings (SSSR count). The van der Waals surface area contributed by atoms with E-state index >= 15 is 0 Å². The molecule has 0 aliphatic carbocycles. The summed E-state index contributed by atoms with van der Waals surface area (Å²) in [5, 5.41) is 0. The minimum absolute atomic E-state index is 0.233. The van der Waals surface area contributed by atoms with Crippen LogP contribution in [0.3, 0.4) is 0 Å². The molecule has 0 amide bonds. The zero-order valence-corrected chi connectivity index (χ0v) is 15.3. The Morgan fingerprint density at radius 2 is 1.92 bits per heavy atom. The van der Waals surface area contributed by atoms with Crippen molar-refractivity contribution in [1.29, 1.82) is 0 Å². The summed E-state index contributed by atoms with van der Waals surface area (Å²) in [6, 6.07) is 11.2. The largest absolute Gasteiger partial charge is 0.495 e. The molecule has 5 nitrogen and oxygen atoms in total. The summed E-state index contributed by atoms with van der Waals surface area (Å²) in [5.74, 6) is 0.387. The molecule has 0 aromatic heterocycles. The number of hydrogen-bond acceptors (Lipinski definition) is 4. The van der Waals surface area contributed by atoms with E-state index in [4.69, 9.17) is 4.74 Å². The number of ether oxygens (including phenoxy) is 1. The van der Waals surface area contributed by atoms with Crippen LogP contribution in [0.5, 0.6) is 5.75 Å². The van der Waals surface area contributed by atoms with Gasteiger partial charge in [0.05, 0.1) is 25.0 Å². The topological polar surface area (TPSA) is 49.9 Å². The number of benzene rings is 2. The first-order valence-electron chi connectivity index (χ1n) is 8.56. The van der Waals surface area contributed by atoms with Gasteiger partial charge in [0.25, 0.3) is 10.0 Å². The van der Waals surface area contributed by atoms with Crippen molar-refractivity contribution in [1.82, 2.24) is 0 Å². The summed E-state index contributed by atoms with van der Waals surface area (Å²) >= 11 is 0. The fourth-order valence-corrected chi connectivity index (χ4v) is 5.53. The van der Waals surface area contributed by atoms with Crippen LogP contribution in [0.25, 0.3) is 0 Å². The van der Waals surface area contributed by atoms with Crippen LogP contribution in [0, 0.1) is 6.92 Å². The summed E-state index contributed by atoms with van der Waals surface area (Å²) in [6.07, 6.45) is 2.12. The van der Waals surface area contributed by atoms with Crippen molar-refractivity contribution in [3.63, 3.8) is 0 Å². The zero-order valence-electron chi connectivity index (χ0n) is 14.5. The van der Waals surface area contributed by atoms with Crippen molar-refractivity contribution >= 4 is 21.4 Å². The molecule has 132 valence electrons. The van der Waals surface area contributed by atoms with Gasteiger partial charge < -0.3 is 9.64 Å². The molecular weight excluding hydrogens is 336 g/mol. The van der Waals surface area contributed by atoms with Crippen LogP contribution < -0.4 is 13.9 Å². The van der Waals surface area contributed by atoms with Gasteiger partial charge in [-0.05, 0) is 49.1 Å². The first-order chi connectivity index (χ1) is 12.0. The van der Waals surface area contributed by atoms with Gasteiger partial charge in [-0.25, -0.2) is 8.42 Å². The molecule has 6 heteroatoms. The summed E-state index contributed by atoms with van der Waals surface area (Å²) < 4.78 is 33.7. The van der Waals surface area contributed by atoms with Crippen molar-refractivity contribution in [2.24, 2.45) is 0 Å². The number of para-hydroxylation sites is 1. The molecule has 0 bridgehead atoms. The fourth-order valence-electron chi connectivity index (χ4n) is 3.83. The Balaban J connectivity index is 1.87. The second-order valence-corrected chi connectivity index (χ2v) is 8.44. The lowest BCUT2D eigenvalue weighted by Crippen LogP contribution is -2.46. The maximum Gasteiger partial charge on any atom is 0.268 e. The number of methoxy groups -OCH3 is 1. The Kier molecular flexibility index (Phi) is 3.87. The highest BCUT2D eigenvalue weighted by Crippen LogP contribution is 2.42. The van der Waals surface area contributed by atoms with E-state index in [1.54, 1.807) is 16.4 Å². The number of nitrogens with zero attached hydrogens (tertiary/aromatic N) is 2. The number of sulfonamides is 1. The number of anilines is 2. The molecular formula is C19H22N2O3S. The van der Waals surface area contributed by atoms with Gasteiger partial charge in [-0.3, -0.25) is 4.31 Å². The lowest BCUT2D eigenvalue weighted by atomic mass is 9.99. The summed E-state index contributed by atoms with van der Waals surface area (Å²) in [6.45, 7) is 4.06. The number of hydrogen-bond donors (Lipinski definition) is 0. The molecule has 0 radical (unpaired) electrons. The van der Waals surface area contributed by atoms with Gasteiger partial charge in [-0.2, -0.15) is 0 Å². The number of rotatable bonds is 3. The Bertz CT molecular complexity index is 924. The van der Waals surface area contributed by atoms with Gasteiger partial charge in [0.2, 0.25) is 0 Å². The molecule has 0 saturated heterocycles. The second kappa shape index (κ2) is 5.95. The third-order valence-electron chi connectivity index (χ3n) is 5.02. The highest BCUT2D eigenvalue weighted by molar-refractivity contribution is 7.93. The van der Waals surface area contributed by atoms with Crippen LogP contribution in [0.1, 0.15) is 17.5 Å². The second-order valence-electron chi connectivity index (χ2n) is 6.61. The molecule has 0 atom stereocenters. The maximum absolute atomic E-state index is 13.4. The zero-order chi connectivity index (χ0) is 17.6. The van der Waals surface area contributed by atoms with Crippen LogP contribution in [0.2, 0.25) is 0 Å². The molecule has 0 N–H and O–H groups in total. The van der Waals surface area contributed by atoms with Crippen molar-refractivity contribution in [2.45, 2.75) is 24.7 Å².